The molecule has 0 aromatic heterocycles. The van der Waals surface area contributed by atoms with Gasteiger partial charge in [-0.15, -0.1) is 0 Å². The summed E-state index contributed by atoms with van der Waals surface area (Å²) in [7, 11) is 0. The first-order valence-electron chi connectivity index (χ1n) is 6.96. The Morgan fingerprint density at radius 3 is 2.81 bits per heavy atom. The number of hydrogen-bond donors (Lipinski definition) is 1. The maximum atomic E-state index is 3.46. The van der Waals surface area contributed by atoms with Crippen LogP contribution in [0.1, 0.15) is 26.7 Å². The zero-order chi connectivity index (χ0) is 11.4. The Hall–Kier alpha value is -0.120. The second kappa shape index (κ2) is 5.99. The molecule has 3 nitrogen and oxygen atoms in total. The van der Waals surface area contributed by atoms with E-state index in [1.807, 2.05) is 0 Å². The molecule has 2 atom stereocenters. The standard InChI is InChI=1S/C13H27N3/c1-3-16-9-8-15(11-12(16)2)7-5-13-4-6-14-10-13/h12-14H,3-11H2,1-2H3. The van der Waals surface area contributed by atoms with Crippen LogP contribution in [-0.2, 0) is 0 Å². The summed E-state index contributed by atoms with van der Waals surface area (Å²) in [5.41, 5.74) is 0. The summed E-state index contributed by atoms with van der Waals surface area (Å²) in [5.74, 6) is 0.944. The summed E-state index contributed by atoms with van der Waals surface area (Å²) in [5, 5.41) is 3.46. The van der Waals surface area contributed by atoms with Gasteiger partial charge in [-0.1, -0.05) is 6.92 Å². The summed E-state index contributed by atoms with van der Waals surface area (Å²) >= 11 is 0. The van der Waals surface area contributed by atoms with E-state index in [1.54, 1.807) is 0 Å². The molecule has 0 saturated carbocycles. The first kappa shape index (κ1) is 12.3. The maximum Gasteiger partial charge on any atom is 0.0195 e. The lowest BCUT2D eigenvalue weighted by Gasteiger charge is -2.39. The van der Waals surface area contributed by atoms with E-state index in [-0.39, 0.29) is 0 Å². The van der Waals surface area contributed by atoms with Gasteiger partial charge < -0.3 is 10.2 Å². The summed E-state index contributed by atoms with van der Waals surface area (Å²) in [4.78, 5) is 5.25. The molecule has 0 amide bonds. The third kappa shape index (κ3) is 3.19. The van der Waals surface area contributed by atoms with E-state index in [0.717, 1.165) is 12.0 Å². The van der Waals surface area contributed by atoms with Crippen LogP contribution in [0, 0.1) is 5.92 Å². The highest BCUT2D eigenvalue weighted by Gasteiger charge is 2.23. The smallest absolute Gasteiger partial charge is 0.0195 e. The van der Waals surface area contributed by atoms with Gasteiger partial charge in [-0.2, -0.15) is 0 Å². The van der Waals surface area contributed by atoms with Crippen LogP contribution in [0.25, 0.3) is 0 Å². The quantitative estimate of drug-likeness (QED) is 0.770. The molecular weight excluding hydrogens is 198 g/mol. The Morgan fingerprint density at radius 1 is 1.31 bits per heavy atom. The van der Waals surface area contributed by atoms with Crippen molar-refractivity contribution in [2.75, 3.05) is 45.8 Å². The lowest BCUT2D eigenvalue weighted by atomic mass is 10.0. The Labute approximate surface area is 100 Å². The lowest BCUT2D eigenvalue weighted by molar-refractivity contribution is 0.0846. The molecule has 2 saturated heterocycles. The summed E-state index contributed by atoms with van der Waals surface area (Å²) in [6.07, 6.45) is 2.79. The van der Waals surface area contributed by atoms with Crippen LogP contribution in [0.15, 0.2) is 0 Å². The fourth-order valence-electron chi connectivity index (χ4n) is 3.07. The average molecular weight is 225 g/mol. The zero-order valence-electron chi connectivity index (χ0n) is 10.9. The third-order valence-electron chi connectivity index (χ3n) is 4.27. The van der Waals surface area contributed by atoms with Gasteiger partial charge in [0, 0.05) is 25.7 Å². The van der Waals surface area contributed by atoms with Crippen LogP contribution in [0.3, 0.4) is 0 Å². The number of nitrogens with zero attached hydrogens (tertiary/aromatic N) is 2. The van der Waals surface area contributed by atoms with E-state index >= 15 is 0 Å². The summed E-state index contributed by atoms with van der Waals surface area (Å²) in [6, 6.07) is 0.750. The van der Waals surface area contributed by atoms with E-state index in [0.29, 0.717) is 0 Å². The van der Waals surface area contributed by atoms with Crippen LogP contribution >= 0.6 is 0 Å². The number of rotatable bonds is 4. The molecule has 0 aromatic rings. The van der Waals surface area contributed by atoms with Gasteiger partial charge in [-0.05, 0) is 51.9 Å². The van der Waals surface area contributed by atoms with Crippen molar-refractivity contribution in [3.8, 4) is 0 Å². The van der Waals surface area contributed by atoms with Crippen LogP contribution in [0.2, 0.25) is 0 Å². The average Bonchev–Trinajstić information content (AvgIpc) is 2.79. The van der Waals surface area contributed by atoms with E-state index in [4.69, 9.17) is 0 Å². The number of hydrogen-bond acceptors (Lipinski definition) is 3. The third-order valence-corrected chi connectivity index (χ3v) is 4.27. The predicted octanol–water partition coefficient (Wildman–Crippen LogP) is 1.01. The molecule has 0 aromatic carbocycles. The van der Waals surface area contributed by atoms with Gasteiger partial charge in [0.1, 0.15) is 0 Å². The van der Waals surface area contributed by atoms with E-state index < -0.39 is 0 Å². The van der Waals surface area contributed by atoms with Crippen molar-refractivity contribution < 1.29 is 0 Å². The van der Waals surface area contributed by atoms with Crippen molar-refractivity contribution >= 4 is 0 Å². The first-order valence-corrected chi connectivity index (χ1v) is 6.96. The normalized spacial score (nSPS) is 33.4. The molecule has 3 heteroatoms. The molecule has 0 radical (unpaired) electrons. The largest absolute Gasteiger partial charge is 0.316 e. The Balaban J connectivity index is 1.67. The molecule has 94 valence electrons. The van der Waals surface area contributed by atoms with Crippen LogP contribution in [-0.4, -0.2) is 61.7 Å². The van der Waals surface area contributed by atoms with Crippen molar-refractivity contribution in [1.29, 1.82) is 0 Å². The second-order valence-corrected chi connectivity index (χ2v) is 5.43. The molecule has 1 N–H and O–H groups in total. The highest BCUT2D eigenvalue weighted by Crippen LogP contribution is 2.15. The molecule has 2 fully saturated rings. The molecule has 16 heavy (non-hydrogen) atoms. The second-order valence-electron chi connectivity index (χ2n) is 5.43. The molecule has 0 spiro atoms. The van der Waals surface area contributed by atoms with Crippen molar-refractivity contribution in [2.24, 2.45) is 5.92 Å². The first-order chi connectivity index (χ1) is 7.79. The fraction of sp³-hybridized carbons (Fsp3) is 1.00. The summed E-state index contributed by atoms with van der Waals surface area (Å²) < 4.78 is 0. The van der Waals surface area contributed by atoms with E-state index in [1.165, 1.54) is 58.7 Å². The molecule has 2 aliphatic heterocycles. The molecular formula is C13H27N3. The number of nitrogens with one attached hydrogen (secondary N) is 1. The maximum absolute atomic E-state index is 3.46. The van der Waals surface area contributed by atoms with Gasteiger partial charge in [-0.3, -0.25) is 4.90 Å². The molecule has 2 heterocycles. The minimum atomic E-state index is 0.750. The van der Waals surface area contributed by atoms with Crippen molar-refractivity contribution in [1.82, 2.24) is 15.1 Å². The molecule has 2 unspecified atom stereocenters. The zero-order valence-corrected chi connectivity index (χ0v) is 10.9. The van der Waals surface area contributed by atoms with Gasteiger partial charge in [0.25, 0.3) is 0 Å². The van der Waals surface area contributed by atoms with Crippen LogP contribution in [0.5, 0.6) is 0 Å². The van der Waals surface area contributed by atoms with E-state index in [2.05, 4.69) is 29.0 Å². The number of likely N-dealkylation sites (N-methyl/N-ethyl adjacent to an activating group) is 1. The van der Waals surface area contributed by atoms with Gasteiger partial charge >= 0.3 is 0 Å². The van der Waals surface area contributed by atoms with Crippen molar-refractivity contribution in [3.63, 3.8) is 0 Å². The van der Waals surface area contributed by atoms with Gasteiger partial charge in [0.15, 0.2) is 0 Å². The number of piperazine rings is 1. The molecule has 0 bridgehead atoms. The van der Waals surface area contributed by atoms with Gasteiger partial charge in [0.05, 0.1) is 0 Å². The molecule has 2 rings (SSSR count). The minimum Gasteiger partial charge on any atom is -0.316 e. The highest BCUT2D eigenvalue weighted by atomic mass is 15.3. The minimum absolute atomic E-state index is 0.750. The fourth-order valence-corrected chi connectivity index (χ4v) is 3.07. The van der Waals surface area contributed by atoms with Crippen LogP contribution in [0.4, 0.5) is 0 Å². The van der Waals surface area contributed by atoms with Crippen molar-refractivity contribution in [3.05, 3.63) is 0 Å². The lowest BCUT2D eigenvalue weighted by Crippen LogP contribution is -2.51. The highest BCUT2D eigenvalue weighted by molar-refractivity contribution is 4.80. The Kier molecular flexibility index (Phi) is 4.62. The Bertz CT molecular complexity index is 201. The van der Waals surface area contributed by atoms with Gasteiger partial charge in [0.2, 0.25) is 0 Å². The van der Waals surface area contributed by atoms with Crippen molar-refractivity contribution in [2.45, 2.75) is 32.7 Å². The SMILES string of the molecule is CCN1CCN(CCC2CCNC2)CC1C. The van der Waals surface area contributed by atoms with Crippen LogP contribution < -0.4 is 5.32 Å². The summed E-state index contributed by atoms with van der Waals surface area (Å²) in [6.45, 7) is 13.5. The topological polar surface area (TPSA) is 18.5 Å². The van der Waals surface area contributed by atoms with Gasteiger partial charge in [-0.25, -0.2) is 0 Å². The Morgan fingerprint density at radius 2 is 2.19 bits per heavy atom. The predicted molar refractivity (Wildman–Crippen MR) is 68.7 cm³/mol. The molecule has 0 aliphatic carbocycles. The monoisotopic (exact) mass is 225 g/mol. The van der Waals surface area contributed by atoms with E-state index in [9.17, 15) is 0 Å². The molecule has 2 aliphatic rings.